The first kappa shape index (κ1) is 25.7. The molecular formula is C21H24BrF3N6O3. The molecule has 0 saturated carbocycles. The Morgan fingerprint density at radius 3 is 2.50 bits per heavy atom. The number of halogens is 4. The van der Waals surface area contributed by atoms with E-state index in [4.69, 9.17) is 4.74 Å². The van der Waals surface area contributed by atoms with Crippen LogP contribution in [0.3, 0.4) is 0 Å². The van der Waals surface area contributed by atoms with Crippen LogP contribution in [0, 0.1) is 16.7 Å². The molecule has 0 aromatic carbocycles. The molecule has 0 unspecified atom stereocenters. The Bertz CT molecular complexity index is 1200. The van der Waals surface area contributed by atoms with Crippen LogP contribution in [-0.2, 0) is 10.9 Å². The van der Waals surface area contributed by atoms with Crippen molar-refractivity contribution in [2.45, 2.75) is 52.8 Å². The number of ketones is 1. The number of Topliss-reactive ketones (excluding diaryl/α,β-unsaturated/α-hetero) is 1. The van der Waals surface area contributed by atoms with Crippen LogP contribution in [0.4, 0.5) is 23.8 Å². The van der Waals surface area contributed by atoms with Gasteiger partial charge in [-0.1, -0.05) is 6.92 Å². The van der Waals surface area contributed by atoms with E-state index in [0.29, 0.717) is 13.0 Å². The first-order valence-corrected chi connectivity index (χ1v) is 11.2. The number of aromatic nitrogens is 3. The van der Waals surface area contributed by atoms with E-state index in [9.17, 15) is 28.0 Å². The van der Waals surface area contributed by atoms with Gasteiger partial charge < -0.3 is 15.0 Å². The molecule has 2 aromatic rings. The minimum absolute atomic E-state index is 0.0299. The predicted molar refractivity (Wildman–Crippen MR) is 120 cm³/mol. The Labute approximate surface area is 202 Å². The first-order chi connectivity index (χ1) is 15.6. The lowest BCUT2D eigenvalue weighted by Crippen LogP contribution is -2.40. The topological polar surface area (TPSA) is 113 Å². The molecule has 34 heavy (non-hydrogen) atoms. The van der Waals surface area contributed by atoms with E-state index in [1.165, 1.54) is 6.92 Å². The Balaban J connectivity index is 2.03. The average molecular weight is 545 g/mol. The number of carbonyl (C=O) groups is 2. The molecule has 1 aliphatic rings. The molecule has 1 atom stereocenters. The molecule has 1 saturated heterocycles. The van der Waals surface area contributed by atoms with Crippen molar-refractivity contribution in [2.24, 2.45) is 5.41 Å². The number of hydrogen-bond donors (Lipinski definition) is 1. The molecule has 1 N–H and O–H groups in total. The largest absolute Gasteiger partial charge is 0.444 e. The molecule has 1 aliphatic heterocycles. The minimum Gasteiger partial charge on any atom is -0.444 e. The number of carbonyl (C=O) groups excluding carboxylic acids is 2. The van der Waals surface area contributed by atoms with E-state index in [1.54, 1.807) is 31.7 Å². The van der Waals surface area contributed by atoms with Crippen molar-refractivity contribution in [1.82, 2.24) is 19.9 Å². The molecule has 1 fully saturated rings. The quantitative estimate of drug-likeness (QED) is 0.570. The van der Waals surface area contributed by atoms with E-state index in [0.717, 1.165) is 4.52 Å². The highest BCUT2D eigenvalue weighted by atomic mass is 79.9. The summed E-state index contributed by atoms with van der Waals surface area (Å²) >= 11 is 3.04. The lowest BCUT2D eigenvalue weighted by atomic mass is 9.90. The zero-order valence-corrected chi connectivity index (χ0v) is 20.9. The summed E-state index contributed by atoms with van der Waals surface area (Å²) in [7, 11) is 0. The lowest BCUT2D eigenvalue weighted by Gasteiger charge is -2.28. The van der Waals surface area contributed by atoms with Crippen LogP contribution in [0.5, 0.6) is 0 Å². The normalized spacial score (nSPS) is 18.8. The van der Waals surface area contributed by atoms with Gasteiger partial charge in [-0.2, -0.15) is 22.9 Å². The predicted octanol–water partition coefficient (Wildman–Crippen LogP) is 4.33. The average Bonchev–Trinajstić information content (AvgIpc) is 3.28. The summed E-state index contributed by atoms with van der Waals surface area (Å²) in [5, 5.41) is 16.3. The third-order valence-electron chi connectivity index (χ3n) is 5.32. The number of rotatable bonds is 4. The number of nitriles is 1. The fraction of sp³-hybridized carbons (Fsp3) is 0.571. The van der Waals surface area contributed by atoms with Crippen LogP contribution in [0.1, 0.15) is 62.8 Å². The van der Waals surface area contributed by atoms with Crippen LogP contribution < -0.4 is 10.2 Å². The van der Waals surface area contributed by atoms with E-state index in [2.05, 4.69) is 31.3 Å². The second-order valence-electron chi connectivity index (χ2n) is 9.56. The highest BCUT2D eigenvalue weighted by Gasteiger charge is 2.43. The summed E-state index contributed by atoms with van der Waals surface area (Å²) in [4.78, 5) is 29.5. The third kappa shape index (κ3) is 5.11. The summed E-state index contributed by atoms with van der Waals surface area (Å²) in [5.74, 6) is -0.809. The maximum atomic E-state index is 14.0. The number of alkyl halides is 3. The van der Waals surface area contributed by atoms with E-state index in [-0.39, 0.29) is 34.9 Å². The number of amides is 1. The molecule has 0 bridgehead atoms. The molecule has 0 aliphatic carbocycles. The molecule has 0 radical (unpaired) electrons. The second-order valence-corrected chi connectivity index (χ2v) is 10.4. The number of ether oxygens (including phenoxy) is 1. The monoisotopic (exact) mass is 544 g/mol. The molecule has 1 amide bonds. The molecular weight excluding hydrogens is 521 g/mol. The zero-order chi connectivity index (χ0) is 25.6. The minimum atomic E-state index is -4.86. The molecule has 0 spiro atoms. The van der Waals surface area contributed by atoms with Crippen molar-refractivity contribution in [1.29, 1.82) is 5.26 Å². The Morgan fingerprint density at radius 2 is 1.97 bits per heavy atom. The Morgan fingerprint density at radius 1 is 1.32 bits per heavy atom. The van der Waals surface area contributed by atoms with E-state index >= 15 is 0 Å². The van der Waals surface area contributed by atoms with Gasteiger partial charge in [0.05, 0.1) is 10.0 Å². The molecule has 13 heteroatoms. The highest BCUT2D eigenvalue weighted by molar-refractivity contribution is 9.10. The van der Waals surface area contributed by atoms with Gasteiger partial charge in [0.2, 0.25) is 5.82 Å². The van der Waals surface area contributed by atoms with Crippen molar-refractivity contribution in [3.63, 3.8) is 0 Å². The Hall–Kier alpha value is -2.88. The van der Waals surface area contributed by atoms with Gasteiger partial charge in [0.15, 0.2) is 11.4 Å². The van der Waals surface area contributed by atoms with Crippen LogP contribution >= 0.6 is 15.9 Å². The van der Waals surface area contributed by atoms with Crippen molar-refractivity contribution in [3.05, 3.63) is 21.4 Å². The van der Waals surface area contributed by atoms with Crippen molar-refractivity contribution >= 4 is 39.3 Å². The highest BCUT2D eigenvalue weighted by Crippen LogP contribution is 2.45. The van der Waals surface area contributed by atoms with Gasteiger partial charge in [-0.15, -0.1) is 5.10 Å². The standard InChI is InChI=1S/C21H24BrF3N6O3/c1-11(32)15-28-16-12(8-26)13(21(23,24)25)14(22)17(31(16)29-15)30-7-6-20(5,10-30)9-27-18(33)34-19(2,3)4/h6-7,9-10H2,1-5H3,(H,27,33)/t20-/m0/s1. The number of alkyl carbamates (subject to hydrolysis) is 1. The first-order valence-electron chi connectivity index (χ1n) is 10.4. The molecule has 3 heterocycles. The molecule has 3 rings (SSSR count). The maximum Gasteiger partial charge on any atom is 0.419 e. The van der Waals surface area contributed by atoms with Gasteiger partial charge in [0.25, 0.3) is 0 Å². The van der Waals surface area contributed by atoms with Crippen molar-refractivity contribution < 1.29 is 27.5 Å². The summed E-state index contributed by atoms with van der Waals surface area (Å²) in [6.07, 6.45) is -4.90. The molecule has 2 aromatic heterocycles. The number of nitrogens with zero attached hydrogens (tertiary/aromatic N) is 5. The lowest BCUT2D eigenvalue weighted by molar-refractivity contribution is -0.138. The number of hydrogen-bond acceptors (Lipinski definition) is 7. The maximum absolute atomic E-state index is 14.0. The van der Waals surface area contributed by atoms with E-state index < -0.39 is 40.2 Å². The van der Waals surface area contributed by atoms with Crippen LogP contribution in [0.15, 0.2) is 4.47 Å². The Kier molecular flexibility index (Phi) is 6.60. The fourth-order valence-electron chi connectivity index (χ4n) is 3.79. The van der Waals surface area contributed by atoms with Gasteiger partial charge in [-0.25, -0.2) is 9.78 Å². The smallest absolute Gasteiger partial charge is 0.419 e. The van der Waals surface area contributed by atoms with Gasteiger partial charge in [0.1, 0.15) is 23.1 Å². The summed E-state index contributed by atoms with van der Waals surface area (Å²) in [6, 6.07) is 1.56. The second kappa shape index (κ2) is 8.72. The van der Waals surface area contributed by atoms with Crippen molar-refractivity contribution in [2.75, 3.05) is 24.5 Å². The number of anilines is 1. The zero-order valence-electron chi connectivity index (χ0n) is 19.3. The number of fused-ring (bicyclic) bond motifs is 1. The van der Waals surface area contributed by atoms with Gasteiger partial charge >= 0.3 is 12.3 Å². The fourth-order valence-corrected chi connectivity index (χ4v) is 4.63. The van der Waals surface area contributed by atoms with Gasteiger partial charge in [0, 0.05) is 32.0 Å². The van der Waals surface area contributed by atoms with Crippen LogP contribution in [0.2, 0.25) is 0 Å². The molecule has 9 nitrogen and oxygen atoms in total. The molecule has 184 valence electrons. The third-order valence-corrected chi connectivity index (χ3v) is 6.07. The van der Waals surface area contributed by atoms with Gasteiger partial charge in [-0.05, 0) is 43.1 Å². The van der Waals surface area contributed by atoms with E-state index in [1.807, 2.05) is 6.92 Å². The number of pyridine rings is 1. The SMILES string of the molecule is CC(=O)c1nc2c(C#N)c(C(F)(F)F)c(Br)c(N3CC[C@@](C)(CNC(=O)OC(C)(C)C)C3)n2n1. The summed E-state index contributed by atoms with van der Waals surface area (Å²) in [6.45, 7) is 9.16. The van der Waals surface area contributed by atoms with Gasteiger partial charge in [-0.3, -0.25) is 4.79 Å². The summed E-state index contributed by atoms with van der Waals surface area (Å²) in [5.41, 5.74) is -3.41. The van der Waals surface area contributed by atoms with Crippen molar-refractivity contribution in [3.8, 4) is 6.07 Å². The van der Waals surface area contributed by atoms with Crippen LogP contribution in [0.25, 0.3) is 5.65 Å². The van der Waals surface area contributed by atoms with Crippen LogP contribution in [-0.4, -0.2) is 51.7 Å². The summed E-state index contributed by atoms with van der Waals surface area (Å²) < 4.78 is 47.9. The number of nitrogens with one attached hydrogen (secondary N) is 1.